The summed E-state index contributed by atoms with van der Waals surface area (Å²) < 4.78 is 0. The molecular weight excluding hydrogens is 226 g/mol. The highest BCUT2D eigenvalue weighted by Gasteiger charge is 2.09. The van der Waals surface area contributed by atoms with Crippen molar-refractivity contribution in [3.8, 4) is 11.5 Å². The quantitative estimate of drug-likeness (QED) is 0.650. The fourth-order valence-corrected chi connectivity index (χ4v) is 2.70. The summed E-state index contributed by atoms with van der Waals surface area (Å²) in [5.41, 5.74) is 6.78. The lowest BCUT2D eigenvalue weighted by Crippen LogP contribution is -2.10. The topological polar surface area (TPSA) is 41.6 Å². The Morgan fingerprint density at radius 2 is 2.29 bits per heavy atom. The second kappa shape index (κ2) is 5.15. The van der Waals surface area contributed by atoms with Crippen LogP contribution in [0.1, 0.15) is 25.8 Å². The standard InChI is InChI=1S/C13H16N3Si/c1-4-10(2)17(3)6-5-11-7-12-13(14-8-11)16-9-15-12/h7-10H,4H2,1-3H3,(H,14,15,16). The molecule has 0 saturated heterocycles. The molecule has 0 saturated carbocycles. The van der Waals surface area contributed by atoms with Crippen molar-refractivity contribution in [1.29, 1.82) is 0 Å². The third kappa shape index (κ3) is 2.74. The molecule has 0 aliphatic heterocycles. The van der Waals surface area contributed by atoms with E-state index >= 15 is 0 Å². The van der Waals surface area contributed by atoms with Crippen molar-refractivity contribution in [2.45, 2.75) is 32.4 Å². The van der Waals surface area contributed by atoms with Crippen molar-refractivity contribution in [1.82, 2.24) is 15.0 Å². The van der Waals surface area contributed by atoms with Crippen LogP contribution in [0.15, 0.2) is 18.6 Å². The molecule has 0 bridgehead atoms. The predicted octanol–water partition coefficient (Wildman–Crippen LogP) is 2.77. The van der Waals surface area contributed by atoms with Gasteiger partial charge in [-0.2, -0.15) is 0 Å². The van der Waals surface area contributed by atoms with Gasteiger partial charge in [-0.3, -0.25) is 0 Å². The molecule has 1 atom stereocenters. The van der Waals surface area contributed by atoms with E-state index in [1.54, 1.807) is 12.5 Å². The van der Waals surface area contributed by atoms with Crippen molar-refractivity contribution in [2.24, 2.45) is 0 Å². The molecule has 0 aliphatic carbocycles. The molecule has 0 spiro atoms. The van der Waals surface area contributed by atoms with E-state index in [0.717, 1.165) is 22.3 Å². The normalized spacial score (nSPS) is 12.5. The van der Waals surface area contributed by atoms with Crippen molar-refractivity contribution >= 4 is 20.0 Å². The fraction of sp³-hybridized carbons (Fsp3) is 0.385. The van der Waals surface area contributed by atoms with Gasteiger partial charge in [0.25, 0.3) is 0 Å². The van der Waals surface area contributed by atoms with Gasteiger partial charge in [-0.25, -0.2) is 9.97 Å². The zero-order valence-electron chi connectivity index (χ0n) is 10.4. The van der Waals surface area contributed by atoms with E-state index < -0.39 is 8.80 Å². The minimum Gasteiger partial charge on any atom is -0.343 e. The molecule has 2 aromatic rings. The van der Waals surface area contributed by atoms with E-state index in [1.807, 2.05) is 6.07 Å². The molecule has 1 N–H and O–H groups in total. The van der Waals surface area contributed by atoms with Crippen LogP contribution < -0.4 is 0 Å². The molecule has 17 heavy (non-hydrogen) atoms. The number of nitrogens with one attached hydrogen (secondary N) is 1. The highest BCUT2D eigenvalue weighted by atomic mass is 28.3. The number of imidazole rings is 1. The summed E-state index contributed by atoms with van der Waals surface area (Å²) in [5.74, 6) is 3.23. The molecule has 1 radical (unpaired) electrons. The highest BCUT2D eigenvalue weighted by Crippen LogP contribution is 2.13. The van der Waals surface area contributed by atoms with Crippen LogP contribution >= 0.6 is 0 Å². The first-order valence-corrected chi connectivity index (χ1v) is 7.93. The predicted molar refractivity (Wildman–Crippen MR) is 72.1 cm³/mol. The van der Waals surface area contributed by atoms with Crippen LogP contribution in [0.3, 0.4) is 0 Å². The van der Waals surface area contributed by atoms with Gasteiger partial charge in [-0.1, -0.05) is 32.7 Å². The van der Waals surface area contributed by atoms with Crippen molar-refractivity contribution < 1.29 is 0 Å². The van der Waals surface area contributed by atoms with E-state index in [1.165, 1.54) is 6.42 Å². The number of hydrogen-bond donors (Lipinski definition) is 1. The number of rotatable bonds is 2. The van der Waals surface area contributed by atoms with Gasteiger partial charge in [0.05, 0.1) is 11.8 Å². The Kier molecular flexibility index (Phi) is 3.60. The molecule has 4 heteroatoms. The number of fused-ring (bicyclic) bond motifs is 1. The van der Waals surface area contributed by atoms with Gasteiger partial charge >= 0.3 is 0 Å². The molecule has 2 rings (SSSR count). The number of H-pyrrole nitrogens is 1. The molecule has 0 fully saturated rings. The molecular formula is C13H16N3Si. The minimum atomic E-state index is -0.570. The second-order valence-corrected chi connectivity index (χ2v) is 6.84. The van der Waals surface area contributed by atoms with Gasteiger partial charge in [0.15, 0.2) is 5.65 Å². The summed E-state index contributed by atoms with van der Waals surface area (Å²) in [7, 11) is -0.570. The summed E-state index contributed by atoms with van der Waals surface area (Å²) in [6.07, 6.45) is 4.66. The molecule has 87 valence electrons. The van der Waals surface area contributed by atoms with Crippen LogP contribution in [-0.2, 0) is 0 Å². The number of aromatic nitrogens is 3. The van der Waals surface area contributed by atoms with Gasteiger partial charge in [-0.15, -0.1) is 5.54 Å². The van der Waals surface area contributed by atoms with E-state index in [4.69, 9.17) is 0 Å². The smallest absolute Gasteiger partial charge is 0.177 e. The summed E-state index contributed by atoms with van der Waals surface area (Å²) in [6.45, 7) is 6.77. The van der Waals surface area contributed by atoms with Gasteiger partial charge in [-0.05, 0) is 11.6 Å². The summed E-state index contributed by atoms with van der Waals surface area (Å²) in [6, 6.07) is 2.01. The van der Waals surface area contributed by atoms with Crippen LogP contribution in [-0.4, -0.2) is 23.7 Å². The number of aromatic amines is 1. The van der Waals surface area contributed by atoms with Gasteiger partial charge in [0, 0.05) is 11.8 Å². The largest absolute Gasteiger partial charge is 0.343 e. The van der Waals surface area contributed by atoms with E-state index in [2.05, 4.69) is 46.8 Å². The first-order chi connectivity index (χ1) is 8.20. The van der Waals surface area contributed by atoms with Gasteiger partial charge < -0.3 is 4.98 Å². The van der Waals surface area contributed by atoms with Gasteiger partial charge in [0.2, 0.25) is 0 Å². The van der Waals surface area contributed by atoms with Crippen molar-refractivity contribution in [3.63, 3.8) is 0 Å². The zero-order chi connectivity index (χ0) is 12.3. The Balaban J connectivity index is 2.20. The van der Waals surface area contributed by atoms with Crippen LogP contribution in [0.4, 0.5) is 0 Å². The average Bonchev–Trinajstić information content (AvgIpc) is 2.82. The molecule has 2 aromatic heterocycles. The first-order valence-electron chi connectivity index (χ1n) is 5.85. The number of hydrogen-bond acceptors (Lipinski definition) is 2. The fourth-order valence-electron chi connectivity index (χ4n) is 1.50. The van der Waals surface area contributed by atoms with Gasteiger partial charge in [0.1, 0.15) is 8.80 Å². The third-order valence-electron chi connectivity index (χ3n) is 3.03. The van der Waals surface area contributed by atoms with Crippen LogP contribution in [0, 0.1) is 11.5 Å². The molecule has 0 aliphatic rings. The SMILES string of the molecule is CCC(C)[Si](C)C#Cc1cnc2nc[nH]c2c1. The molecule has 1 unspecified atom stereocenters. The highest BCUT2D eigenvalue weighted by molar-refractivity contribution is 6.67. The van der Waals surface area contributed by atoms with E-state index in [-0.39, 0.29) is 0 Å². The van der Waals surface area contributed by atoms with Crippen LogP contribution in [0.5, 0.6) is 0 Å². The van der Waals surface area contributed by atoms with E-state index in [9.17, 15) is 0 Å². The molecule has 3 nitrogen and oxygen atoms in total. The Morgan fingerprint density at radius 3 is 3.06 bits per heavy atom. The maximum Gasteiger partial charge on any atom is 0.177 e. The average molecular weight is 242 g/mol. The van der Waals surface area contributed by atoms with Crippen molar-refractivity contribution in [3.05, 3.63) is 24.2 Å². The lowest BCUT2D eigenvalue weighted by molar-refractivity contribution is 0.864. The summed E-state index contributed by atoms with van der Waals surface area (Å²) in [5, 5.41) is 0. The van der Waals surface area contributed by atoms with E-state index in [0.29, 0.717) is 0 Å². The number of pyridine rings is 1. The summed E-state index contributed by atoms with van der Waals surface area (Å²) >= 11 is 0. The lowest BCUT2D eigenvalue weighted by atomic mass is 10.3. The second-order valence-electron chi connectivity index (χ2n) is 4.24. The Labute approximate surface area is 103 Å². The minimum absolute atomic E-state index is 0.570. The van der Waals surface area contributed by atoms with Crippen LogP contribution in [0.25, 0.3) is 11.2 Å². The Hall–Kier alpha value is -1.60. The lowest BCUT2D eigenvalue weighted by Gasteiger charge is -2.08. The maximum absolute atomic E-state index is 4.25. The first kappa shape index (κ1) is 11.9. The molecule has 0 aromatic carbocycles. The molecule has 0 amide bonds. The van der Waals surface area contributed by atoms with Crippen molar-refractivity contribution in [2.75, 3.05) is 0 Å². The Morgan fingerprint density at radius 1 is 1.47 bits per heavy atom. The summed E-state index contributed by atoms with van der Waals surface area (Å²) in [4.78, 5) is 11.4. The maximum atomic E-state index is 4.25. The third-order valence-corrected chi connectivity index (χ3v) is 5.44. The Bertz CT molecular complexity index is 565. The monoisotopic (exact) mass is 242 g/mol. The molecule has 2 heterocycles. The van der Waals surface area contributed by atoms with Crippen LogP contribution in [0.2, 0.25) is 12.1 Å². The number of nitrogens with zero attached hydrogens (tertiary/aromatic N) is 2. The zero-order valence-corrected chi connectivity index (χ0v) is 11.4.